The smallest absolute Gasteiger partial charge is 0.308 e. The van der Waals surface area contributed by atoms with Crippen LogP contribution in [0.15, 0.2) is 48.6 Å². The Bertz CT molecular complexity index is 911. The number of amides is 3. The van der Waals surface area contributed by atoms with E-state index < -0.39 is 5.97 Å². The molecule has 3 aliphatic rings. The van der Waals surface area contributed by atoms with E-state index >= 15 is 0 Å². The number of carbonyl (C=O) groups is 4. The summed E-state index contributed by atoms with van der Waals surface area (Å²) < 4.78 is 5.11. The topological polar surface area (TPSA) is 84.0 Å². The Morgan fingerprint density at radius 1 is 1.00 bits per heavy atom. The molecule has 0 spiro atoms. The number of imide groups is 1. The molecule has 2 atom stereocenters. The Balaban J connectivity index is 1.21. The van der Waals surface area contributed by atoms with Gasteiger partial charge in [0.15, 0.2) is 6.61 Å². The van der Waals surface area contributed by atoms with E-state index in [9.17, 15) is 19.2 Å². The average molecular weight is 422 g/mol. The molecule has 1 fully saturated rings. The molecular formula is C24H26N2O5. The van der Waals surface area contributed by atoms with E-state index in [4.69, 9.17) is 4.74 Å². The lowest BCUT2D eigenvalue weighted by atomic mass is 9.85. The third-order valence-electron chi connectivity index (χ3n) is 6.20. The lowest BCUT2D eigenvalue weighted by Crippen LogP contribution is -2.38. The predicted molar refractivity (Wildman–Crippen MR) is 113 cm³/mol. The molecule has 2 heterocycles. The fourth-order valence-electron chi connectivity index (χ4n) is 4.41. The van der Waals surface area contributed by atoms with Gasteiger partial charge in [0.05, 0.1) is 18.3 Å². The van der Waals surface area contributed by atoms with E-state index in [0.29, 0.717) is 25.9 Å². The second-order valence-corrected chi connectivity index (χ2v) is 8.08. The van der Waals surface area contributed by atoms with Gasteiger partial charge in [-0.25, -0.2) is 0 Å². The lowest BCUT2D eigenvalue weighted by molar-refractivity contribution is -0.152. The molecule has 7 nitrogen and oxygen atoms in total. The quantitative estimate of drug-likeness (QED) is 0.399. The van der Waals surface area contributed by atoms with E-state index in [-0.39, 0.29) is 49.1 Å². The summed E-state index contributed by atoms with van der Waals surface area (Å²) in [4.78, 5) is 52.1. The number of ether oxygens (including phenoxy) is 1. The molecule has 1 aromatic carbocycles. The van der Waals surface area contributed by atoms with Crippen LogP contribution < -0.4 is 0 Å². The summed E-state index contributed by atoms with van der Waals surface area (Å²) in [5.41, 5.74) is 2.36. The minimum Gasteiger partial charge on any atom is -0.456 e. The fourth-order valence-corrected chi connectivity index (χ4v) is 4.41. The minimum absolute atomic E-state index is 0.00454. The van der Waals surface area contributed by atoms with Crippen molar-refractivity contribution in [2.45, 2.75) is 25.7 Å². The maximum Gasteiger partial charge on any atom is 0.308 e. The number of esters is 1. The number of likely N-dealkylation sites (tertiary alicyclic amines) is 1. The van der Waals surface area contributed by atoms with Gasteiger partial charge in [-0.05, 0) is 30.4 Å². The Morgan fingerprint density at radius 2 is 1.68 bits per heavy atom. The van der Waals surface area contributed by atoms with E-state index in [1.54, 1.807) is 4.90 Å². The first-order valence-corrected chi connectivity index (χ1v) is 10.7. The van der Waals surface area contributed by atoms with Crippen molar-refractivity contribution >= 4 is 29.3 Å². The Labute approximate surface area is 181 Å². The summed E-state index contributed by atoms with van der Waals surface area (Å²) in [6, 6.07) is 10.0. The minimum atomic E-state index is -0.584. The highest BCUT2D eigenvalue weighted by Gasteiger charge is 2.46. The standard InChI is InChI=1S/C24H26N2O5/c27-21(25-13-10-18(11-14-25)17-6-2-1-3-7-17)16-31-22(28)12-15-26-23(29)19-8-4-5-9-20(19)24(26)30/h1-7,10,19-20H,8-9,11-16H2/t19-,20+. The number of hydrogen-bond acceptors (Lipinski definition) is 5. The van der Waals surface area contributed by atoms with Crippen molar-refractivity contribution in [2.75, 3.05) is 26.2 Å². The molecule has 0 saturated carbocycles. The van der Waals surface area contributed by atoms with Crippen LogP contribution in [-0.2, 0) is 23.9 Å². The number of fused-ring (bicyclic) bond motifs is 1. The van der Waals surface area contributed by atoms with Gasteiger partial charge >= 0.3 is 5.97 Å². The molecule has 1 aromatic rings. The number of benzene rings is 1. The first-order chi connectivity index (χ1) is 15.0. The maximum atomic E-state index is 12.4. The van der Waals surface area contributed by atoms with Crippen LogP contribution in [0.5, 0.6) is 0 Å². The first-order valence-electron chi connectivity index (χ1n) is 10.7. The van der Waals surface area contributed by atoms with Gasteiger partial charge in [-0.3, -0.25) is 24.1 Å². The van der Waals surface area contributed by atoms with Crippen LogP contribution in [0, 0.1) is 11.8 Å². The van der Waals surface area contributed by atoms with Crippen LogP contribution in [0.25, 0.3) is 5.57 Å². The SMILES string of the molecule is O=C(CCN1C(=O)[C@H]2CC=CC[C@H]2C1=O)OCC(=O)N1CC=C(c2ccccc2)CC1. The zero-order chi connectivity index (χ0) is 21.8. The lowest BCUT2D eigenvalue weighted by Gasteiger charge is -2.26. The highest BCUT2D eigenvalue weighted by molar-refractivity contribution is 6.05. The van der Waals surface area contributed by atoms with Crippen LogP contribution in [0.2, 0.25) is 0 Å². The Kier molecular flexibility index (Phi) is 6.30. The zero-order valence-corrected chi connectivity index (χ0v) is 17.4. The highest BCUT2D eigenvalue weighted by atomic mass is 16.5. The molecular weight excluding hydrogens is 396 g/mol. The van der Waals surface area contributed by atoms with Gasteiger partial charge in [0.2, 0.25) is 11.8 Å². The van der Waals surface area contributed by atoms with Gasteiger partial charge < -0.3 is 9.64 Å². The summed E-state index contributed by atoms with van der Waals surface area (Å²) in [6.45, 7) is 0.730. The normalized spacial score (nSPS) is 22.9. The molecule has 7 heteroatoms. The first kappa shape index (κ1) is 21.0. The third kappa shape index (κ3) is 4.60. The van der Waals surface area contributed by atoms with Crippen molar-refractivity contribution in [2.24, 2.45) is 11.8 Å². The van der Waals surface area contributed by atoms with E-state index in [1.165, 1.54) is 10.5 Å². The van der Waals surface area contributed by atoms with Crippen LogP contribution in [0.4, 0.5) is 0 Å². The largest absolute Gasteiger partial charge is 0.456 e. The molecule has 1 aliphatic carbocycles. The molecule has 3 amide bonds. The van der Waals surface area contributed by atoms with Crippen LogP contribution in [-0.4, -0.2) is 59.7 Å². The second-order valence-electron chi connectivity index (χ2n) is 8.08. The summed E-state index contributed by atoms with van der Waals surface area (Å²) in [5, 5.41) is 0. The maximum absolute atomic E-state index is 12.4. The van der Waals surface area contributed by atoms with Crippen LogP contribution in [0.1, 0.15) is 31.2 Å². The van der Waals surface area contributed by atoms with Crippen molar-refractivity contribution in [3.8, 4) is 0 Å². The van der Waals surface area contributed by atoms with Crippen LogP contribution >= 0.6 is 0 Å². The molecule has 0 unspecified atom stereocenters. The monoisotopic (exact) mass is 422 g/mol. The van der Waals surface area contributed by atoms with E-state index in [0.717, 1.165) is 12.0 Å². The van der Waals surface area contributed by atoms with Gasteiger partial charge in [0, 0.05) is 19.6 Å². The molecule has 2 aliphatic heterocycles. The van der Waals surface area contributed by atoms with Gasteiger partial charge in [0.25, 0.3) is 5.91 Å². The summed E-state index contributed by atoms with van der Waals surface area (Å²) >= 11 is 0. The summed E-state index contributed by atoms with van der Waals surface area (Å²) in [6.07, 6.45) is 7.66. The zero-order valence-electron chi connectivity index (χ0n) is 17.4. The number of allylic oxidation sites excluding steroid dienone is 2. The highest BCUT2D eigenvalue weighted by Crippen LogP contribution is 2.35. The summed E-state index contributed by atoms with van der Waals surface area (Å²) in [5.74, 6) is -1.86. The third-order valence-corrected chi connectivity index (χ3v) is 6.20. The van der Waals surface area contributed by atoms with Crippen molar-refractivity contribution < 1.29 is 23.9 Å². The fraction of sp³-hybridized carbons (Fsp3) is 0.417. The van der Waals surface area contributed by atoms with Crippen molar-refractivity contribution in [3.63, 3.8) is 0 Å². The van der Waals surface area contributed by atoms with Crippen LogP contribution in [0.3, 0.4) is 0 Å². The Hall–Kier alpha value is -3.22. The van der Waals surface area contributed by atoms with Gasteiger partial charge in [0.1, 0.15) is 0 Å². The average Bonchev–Trinajstić information content (AvgIpc) is 3.06. The van der Waals surface area contributed by atoms with Gasteiger partial charge in [-0.15, -0.1) is 0 Å². The predicted octanol–water partition coefficient (Wildman–Crippen LogP) is 2.19. The molecule has 4 rings (SSSR count). The molecule has 31 heavy (non-hydrogen) atoms. The number of nitrogens with zero attached hydrogens (tertiary/aromatic N) is 2. The van der Waals surface area contributed by atoms with Gasteiger partial charge in [-0.1, -0.05) is 48.6 Å². The van der Waals surface area contributed by atoms with Gasteiger partial charge in [-0.2, -0.15) is 0 Å². The van der Waals surface area contributed by atoms with E-state index in [1.807, 2.05) is 48.6 Å². The van der Waals surface area contributed by atoms with Crippen molar-refractivity contribution in [3.05, 3.63) is 54.1 Å². The molecule has 0 N–H and O–H groups in total. The molecule has 0 radical (unpaired) electrons. The molecule has 162 valence electrons. The number of rotatable bonds is 6. The van der Waals surface area contributed by atoms with E-state index in [2.05, 4.69) is 0 Å². The molecule has 0 bridgehead atoms. The van der Waals surface area contributed by atoms with Crippen molar-refractivity contribution in [1.82, 2.24) is 9.80 Å². The summed E-state index contributed by atoms with van der Waals surface area (Å²) in [7, 11) is 0. The molecule has 1 saturated heterocycles. The second kappa shape index (κ2) is 9.29. The Morgan fingerprint density at radius 3 is 2.29 bits per heavy atom. The number of hydrogen-bond donors (Lipinski definition) is 0. The molecule has 0 aromatic heterocycles. The number of carbonyl (C=O) groups excluding carboxylic acids is 4. The van der Waals surface area contributed by atoms with Crippen molar-refractivity contribution in [1.29, 1.82) is 0 Å².